The SMILES string of the molecule is C[C@]12CC=C3C=C4CCC(=O)C[C@]45CC[C@]3(O5)[C@@H]1CC=C2c1ccc2[nH]ncc2c1. The summed E-state index contributed by atoms with van der Waals surface area (Å²) >= 11 is 0. The maximum Gasteiger partial charge on any atom is 0.136 e. The van der Waals surface area contributed by atoms with Gasteiger partial charge >= 0.3 is 0 Å². The molecule has 5 aliphatic rings. The summed E-state index contributed by atoms with van der Waals surface area (Å²) in [6, 6.07) is 6.64. The predicted molar refractivity (Wildman–Crippen MR) is 116 cm³/mol. The van der Waals surface area contributed by atoms with Crippen LogP contribution in [-0.2, 0) is 9.53 Å². The van der Waals surface area contributed by atoms with Crippen LogP contribution in [0.5, 0.6) is 0 Å². The first-order valence-corrected chi connectivity index (χ1v) is 11.3. The number of hydrogen-bond donors (Lipinski definition) is 1. The van der Waals surface area contributed by atoms with Crippen molar-refractivity contribution in [1.29, 1.82) is 0 Å². The van der Waals surface area contributed by atoms with Crippen molar-refractivity contribution in [2.24, 2.45) is 11.3 Å². The van der Waals surface area contributed by atoms with Gasteiger partial charge in [-0.2, -0.15) is 5.10 Å². The Bertz CT molecular complexity index is 1220. The monoisotopic (exact) mass is 398 g/mol. The van der Waals surface area contributed by atoms with Gasteiger partial charge in [0.15, 0.2) is 0 Å². The number of ketones is 1. The molecule has 1 N–H and O–H groups in total. The Labute approximate surface area is 176 Å². The molecule has 3 heterocycles. The lowest BCUT2D eigenvalue weighted by Crippen LogP contribution is -2.53. The smallest absolute Gasteiger partial charge is 0.136 e. The highest BCUT2D eigenvalue weighted by Crippen LogP contribution is 2.67. The van der Waals surface area contributed by atoms with Crippen molar-refractivity contribution < 1.29 is 9.53 Å². The summed E-state index contributed by atoms with van der Waals surface area (Å²) in [5.74, 6) is 0.795. The van der Waals surface area contributed by atoms with E-state index >= 15 is 0 Å². The molecule has 0 unspecified atom stereocenters. The third-order valence-electron chi connectivity index (χ3n) is 8.84. The number of aromatic nitrogens is 2. The van der Waals surface area contributed by atoms with Crippen molar-refractivity contribution in [1.82, 2.24) is 10.2 Å². The number of Topliss-reactive ketones (excluding diaryl/α,β-unsaturated/α-hetero) is 1. The Balaban J connectivity index is 1.33. The van der Waals surface area contributed by atoms with Gasteiger partial charge in [0, 0.05) is 29.6 Å². The molecule has 7 rings (SSSR count). The lowest BCUT2D eigenvalue weighted by atomic mass is 9.58. The van der Waals surface area contributed by atoms with Crippen molar-refractivity contribution in [2.45, 2.75) is 63.1 Å². The molecule has 2 fully saturated rings. The zero-order valence-electron chi connectivity index (χ0n) is 17.3. The zero-order chi connectivity index (χ0) is 20.1. The van der Waals surface area contributed by atoms with Gasteiger partial charge < -0.3 is 4.74 Å². The number of carbonyl (C=O) groups is 1. The third-order valence-corrected chi connectivity index (χ3v) is 8.84. The fraction of sp³-hybridized carbons (Fsp3) is 0.462. The van der Waals surface area contributed by atoms with Crippen molar-refractivity contribution in [3.8, 4) is 0 Å². The maximum absolute atomic E-state index is 12.3. The summed E-state index contributed by atoms with van der Waals surface area (Å²) < 4.78 is 7.07. The fourth-order valence-electron chi connectivity index (χ4n) is 7.36. The molecular weight excluding hydrogens is 372 g/mol. The Morgan fingerprint density at radius 3 is 3.07 bits per heavy atom. The Kier molecular flexibility index (Phi) is 3.11. The maximum atomic E-state index is 12.3. The molecule has 1 aromatic heterocycles. The van der Waals surface area contributed by atoms with Crippen LogP contribution in [0.2, 0.25) is 0 Å². The molecule has 3 aliphatic carbocycles. The normalized spacial score (nSPS) is 39.2. The van der Waals surface area contributed by atoms with Crippen LogP contribution < -0.4 is 0 Å². The van der Waals surface area contributed by atoms with Crippen LogP contribution in [0.1, 0.15) is 57.4 Å². The van der Waals surface area contributed by atoms with Crippen LogP contribution in [-0.4, -0.2) is 27.2 Å². The number of benzene rings is 1. The van der Waals surface area contributed by atoms with Crippen LogP contribution in [0.25, 0.3) is 16.5 Å². The van der Waals surface area contributed by atoms with E-state index in [-0.39, 0.29) is 16.6 Å². The standard InChI is InChI=1S/C26H26N2O2/c1-24-9-8-19-13-18-3-4-20(29)14-25(18)10-11-26(19,30-25)23(24)7-5-21(24)16-2-6-22-17(12-16)15-27-28-22/h2,5-6,8,12-13,15,23H,3-4,7,9-11,14H2,1H3,(H,27,28)/t23-,24-,25-,26-/m1/s1. The molecule has 4 atom stereocenters. The second-order valence-electron chi connectivity index (χ2n) is 10.2. The van der Waals surface area contributed by atoms with Gasteiger partial charge in [0.2, 0.25) is 0 Å². The van der Waals surface area contributed by atoms with Crippen LogP contribution in [0, 0.1) is 11.3 Å². The number of ether oxygens (including phenoxy) is 1. The minimum absolute atomic E-state index is 0.0520. The number of aromatic amines is 1. The van der Waals surface area contributed by atoms with Crippen molar-refractivity contribution in [2.75, 3.05) is 0 Å². The van der Waals surface area contributed by atoms with Crippen LogP contribution in [0.15, 0.2) is 53.8 Å². The number of nitrogens with one attached hydrogen (secondary N) is 1. The number of hydrogen-bond acceptors (Lipinski definition) is 3. The highest BCUT2D eigenvalue weighted by atomic mass is 16.5. The van der Waals surface area contributed by atoms with E-state index in [1.165, 1.54) is 22.3 Å². The predicted octanol–water partition coefficient (Wildman–Crippen LogP) is 5.28. The minimum Gasteiger partial charge on any atom is -0.359 e. The van der Waals surface area contributed by atoms with Gasteiger partial charge in [-0.3, -0.25) is 9.89 Å². The van der Waals surface area contributed by atoms with E-state index in [4.69, 9.17) is 4.74 Å². The molecule has 2 spiro atoms. The van der Waals surface area contributed by atoms with Crippen LogP contribution in [0.3, 0.4) is 0 Å². The molecule has 4 nitrogen and oxygen atoms in total. The minimum atomic E-state index is -0.316. The third kappa shape index (κ3) is 1.96. The van der Waals surface area contributed by atoms with Gasteiger partial charge in [-0.25, -0.2) is 0 Å². The van der Waals surface area contributed by atoms with Gasteiger partial charge in [-0.1, -0.05) is 31.2 Å². The van der Waals surface area contributed by atoms with E-state index in [1.807, 2.05) is 6.20 Å². The topological polar surface area (TPSA) is 55.0 Å². The molecule has 1 aromatic carbocycles. The number of nitrogens with zero attached hydrogens (tertiary/aromatic N) is 1. The van der Waals surface area contributed by atoms with Gasteiger partial charge in [0.1, 0.15) is 5.78 Å². The fourth-order valence-corrected chi connectivity index (χ4v) is 7.36. The molecule has 0 radical (unpaired) electrons. The van der Waals surface area contributed by atoms with E-state index in [2.05, 4.69) is 53.5 Å². The van der Waals surface area contributed by atoms with Crippen LogP contribution >= 0.6 is 0 Å². The van der Waals surface area contributed by atoms with E-state index in [9.17, 15) is 4.79 Å². The first kappa shape index (κ1) is 17.2. The quantitative estimate of drug-likeness (QED) is 0.711. The summed E-state index contributed by atoms with van der Waals surface area (Å²) in [7, 11) is 0. The van der Waals surface area contributed by atoms with E-state index in [0.717, 1.165) is 43.0 Å². The molecule has 4 heteroatoms. The lowest BCUT2D eigenvalue weighted by Gasteiger charge is -2.53. The van der Waals surface area contributed by atoms with Gasteiger partial charge in [-0.05, 0) is 66.5 Å². The van der Waals surface area contributed by atoms with E-state index in [1.54, 1.807) is 0 Å². The molecule has 2 bridgehead atoms. The summed E-state index contributed by atoms with van der Waals surface area (Å²) in [6.07, 6.45) is 15.5. The number of carbonyl (C=O) groups excluding carboxylic acids is 1. The molecular formula is C26H26N2O2. The number of allylic oxidation sites excluding steroid dienone is 3. The summed E-state index contributed by atoms with van der Waals surface area (Å²) in [4.78, 5) is 12.3. The number of rotatable bonds is 1. The van der Waals surface area contributed by atoms with Gasteiger partial charge in [0.25, 0.3) is 0 Å². The first-order chi connectivity index (χ1) is 14.5. The molecule has 2 aromatic rings. The zero-order valence-corrected chi connectivity index (χ0v) is 17.3. The summed E-state index contributed by atoms with van der Waals surface area (Å²) in [6.45, 7) is 2.43. The summed E-state index contributed by atoms with van der Waals surface area (Å²) in [5.41, 5.74) is 6.10. The summed E-state index contributed by atoms with van der Waals surface area (Å²) in [5, 5.41) is 8.40. The van der Waals surface area contributed by atoms with Crippen molar-refractivity contribution in [3.63, 3.8) is 0 Å². The molecule has 30 heavy (non-hydrogen) atoms. The highest BCUT2D eigenvalue weighted by Gasteiger charge is 2.65. The second kappa shape index (κ2) is 5.42. The number of H-pyrrole nitrogens is 1. The second-order valence-corrected chi connectivity index (χ2v) is 10.2. The van der Waals surface area contributed by atoms with E-state index < -0.39 is 0 Å². The number of fused-ring (bicyclic) bond motifs is 2. The molecule has 0 amide bonds. The Hall–Kier alpha value is -2.46. The van der Waals surface area contributed by atoms with E-state index in [0.29, 0.717) is 24.5 Å². The average Bonchev–Trinajstić information content (AvgIpc) is 3.41. The van der Waals surface area contributed by atoms with Crippen LogP contribution in [0.4, 0.5) is 0 Å². The lowest BCUT2D eigenvalue weighted by molar-refractivity contribution is -0.143. The average molecular weight is 399 g/mol. The van der Waals surface area contributed by atoms with Crippen molar-refractivity contribution >= 4 is 22.3 Å². The van der Waals surface area contributed by atoms with Gasteiger partial charge in [-0.15, -0.1) is 0 Å². The Morgan fingerprint density at radius 1 is 1.20 bits per heavy atom. The molecule has 1 saturated carbocycles. The highest BCUT2D eigenvalue weighted by molar-refractivity contribution is 5.85. The largest absolute Gasteiger partial charge is 0.359 e. The van der Waals surface area contributed by atoms with Gasteiger partial charge in [0.05, 0.1) is 22.9 Å². The van der Waals surface area contributed by atoms with Crippen molar-refractivity contribution in [3.05, 3.63) is 59.3 Å². The molecule has 2 aliphatic heterocycles. The molecule has 152 valence electrons. The first-order valence-electron chi connectivity index (χ1n) is 11.3. The molecule has 1 saturated heterocycles. The Morgan fingerprint density at radius 2 is 2.13 bits per heavy atom.